The fraction of sp³-hybridized carbons (Fsp3) is 0.364. The minimum Gasteiger partial charge on any atom is -0.481 e. The van der Waals surface area contributed by atoms with Gasteiger partial charge < -0.3 is 5.11 Å². The van der Waals surface area contributed by atoms with Crippen molar-refractivity contribution in [1.82, 2.24) is 0 Å². The number of rotatable bonds is 4. The number of carboxylic acids is 1. The number of aliphatic carboxylic acids is 1. The Hall–Kier alpha value is -1.14. The largest absolute Gasteiger partial charge is 0.481 e. The SMILES string of the molecule is CC(C)(CS(=O)(=O)c1ccc(F)c(Cl)c1)C(=O)O. The summed E-state index contributed by atoms with van der Waals surface area (Å²) in [4.78, 5) is 10.7. The number of hydrogen-bond acceptors (Lipinski definition) is 3. The van der Waals surface area contributed by atoms with Crippen molar-refractivity contribution < 1.29 is 22.7 Å². The molecule has 0 saturated heterocycles. The van der Waals surface area contributed by atoms with Crippen molar-refractivity contribution in [2.75, 3.05) is 5.75 Å². The normalized spacial score (nSPS) is 12.4. The molecule has 0 saturated carbocycles. The van der Waals surface area contributed by atoms with E-state index in [1.54, 1.807) is 0 Å². The van der Waals surface area contributed by atoms with Gasteiger partial charge in [-0.2, -0.15) is 0 Å². The van der Waals surface area contributed by atoms with E-state index >= 15 is 0 Å². The Bertz CT molecular complexity index is 581. The van der Waals surface area contributed by atoms with Gasteiger partial charge in [0.2, 0.25) is 0 Å². The van der Waals surface area contributed by atoms with Gasteiger partial charge in [-0.05, 0) is 32.0 Å². The van der Waals surface area contributed by atoms with Crippen LogP contribution in [0.5, 0.6) is 0 Å². The highest BCUT2D eigenvalue weighted by Crippen LogP contribution is 2.25. The van der Waals surface area contributed by atoms with Gasteiger partial charge >= 0.3 is 5.97 Å². The number of carbonyl (C=O) groups is 1. The molecule has 1 rings (SSSR count). The van der Waals surface area contributed by atoms with Crippen molar-refractivity contribution in [2.24, 2.45) is 5.41 Å². The number of carboxylic acid groups (broad SMARTS) is 1. The van der Waals surface area contributed by atoms with Gasteiger partial charge in [-0.15, -0.1) is 0 Å². The molecule has 7 heteroatoms. The molecular weight excluding hydrogens is 283 g/mol. The zero-order valence-electron chi connectivity index (χ0n) is 9.78. The van der Waals surface area contributed by atoms with Gasteiger partial charge in [-0.25, -0.2) is 12.8 Å². The molecule has 0 aliphatic rings. The summed E-state index contributed by atoms with van der Waals surface area (Å²) in [5.74, 6) is -2.54. The van der Waals surface area contributed by atoms with E-state index in [-0.39, 0.29) is 9.92 Å². The molecule has 18 heavy (non-hydrogen) atoms. The minimum atomic E-state index is -3.83. The molecule has 1 N–H and O–H groups in total. The van der Waals surface area contributed by atoms with Gasteiger partial charge in [0.15, 0.2) is 9.84 Å². The Morgan fingerprint density at radius 1 is 1.44 bits per heavy atom. The fourth-order valence-electron chi connectivity index (χ4n) is 1.29. The molecule has 0 heterocycles. The van der Waals surface area contributed by atoms with E-state index in [0.29, 0.717) is 0 Å². The van der Waals surface area contributed by atoms with E-state index in [9.17, 15) is 17.6 Å². The predicted molar refractivity (Wildman–Crippen MR) is 64.9 cm³/mol. The lowest BCUT2D eigenvalue weighted by Crippen LogP contribution is -2.32. The molecule has 0 aliphatic heterocycles. The van der Waals surface area contributed by atoms with E-state index in [2.05, 4.69) is 0 Å². The van der Waals surface area contributed by atoms with Gasteiger partial charge in [0.1, 0.15) is 5.82 Å². The van der Waals surface area contributed by atoms with E-state index in [4.69, 9.17) is 16.7 Å². The summed E-state index contributed by atoms with van der Waals surface area (Å²) < 4.78 is 36.9. The molecule has 0 bridgehead atoms. The lowest BCUT2D eigenvalue weighted by Gasteiger charge is -2.18. The van der Waals surface area contributed by atoms with Crippen LogP contribution in [0.2, 0.25) is 5.02 Å². The first kappa shape index (κ1) is 14.9. The minimum absolute atomic E-state index is 0.191. The molecule has 0 aromatic heterocycles. The van der Waals surface area contributed by atoms with Crippen molar-refractivity contribution in [3.63, 3.8) is 0 Å². The van der Waals surface area contributed by atoms with Crippen molar-refractivity contribution in [3.8, 4) is 0 Å². The molecule has 0 amide bonds. The Balaban J connectivity index is 3.15. The lowest BCUT2D eigenvalue weighted by atomic mass is 9.97. The molecule has 0 spiro atoms. The summed E-state index contributed by atoms with van der Waals surface area (Å²) >= 11 is 5.50. The number of benzene rings is 1. The predicted octanol–water partition coefficient (Wildman–Crippen LogP) is 2.36. The summed E-state index contributed by atoms with van der Waals surface area (Å²) in [5.41, 5.74) is -1.43. The zero-order valence-corrected chi connectivity index (χ0v) is 11.3. The maximum atomic E-state index is 12.9. The van der Waals surface area contributed by atoms with Gasteiger partial charge in [-0.3, -0.25) is 4.79 Å². The molecule has 0 fully saturated rings. The average Bonchev–Trinajstić information content (AvgIpc) is 2.20. The van der Waals surface area contributed by atoms with Crippen LogP contribution < -0.4 is 0 Å². The van der Waals surface area contributed by atoms with Crippen LogP contribution in [0.4, 0.5) is 4.39 Å². The topological polar surface area (TPSA) is 71.4 Å². The monoisotopic (exact) mass is 294 g/mol. The molecule has 0 aliphatic carbocycles. The maximum absolute atomic E-state index is 12.9. The second-order valence-corrected chi connectivity index (χ2v) is 6.92. The van der Waals surface area contributed by atoms with Crippen LogP contribution in [0.3, 0.4) is 0 Å². The molecule has 4 nitrogen and oxygen atoms in total. The van der Waals surface area contributed by atoms with Crippen molar-refractivity contribution in [1.29, 1.82) is 0 Å². The van der Waals surface area contributed by atoms with Crippen LogP contribution in [-0.2, 0) is 14.6 Å². The van der Waals surface area contributed by atoms with Crippen molar-refractivity contribution >= 4 is 27.4 Å². The smallest absolute Gasteiger partial charge is 0.310 e. The second-order valence-electron chi connectivity index (χ2n) is 4.52. The summed E-state index contributed by atoms with van der Waals surface area (Å²) in [6.45, 7) is 2.61. The van der Waals surface area contributed by atoms with E-state index in [0.717, 1.165) is 18.2 Å². The highest BCUT2D eigenvalue weighted by molar-refractivity contribution is 7.91. The van der Waals surface area contributed by atoms with Gasteiger partial charge in [0.25, 0.3) is 0 Å². The van der Waals surface area contributed by atoms with Crippen LogP contribution in [0.25, 0.3) is 0 Å². The summed E-state index contributed by atoms with van der Waals surface area (Å²) in [6, 6.07) is 2.97. The summed E-state index contributed by atoms with van der Waals surface area (Å²) in [5, 5.41) is 8.58. The van der Waals surface area contributed by atoms with Crippen LogP contribution in [0, 0.1) is 11.2 Å². The van der Waals surface area contributed by atoms with E-state index in [1.165, 1.54) is 13.8 Å². The third-order valence-electron chi connectivity index (χ3n) is 2.38. The van der Waals surface area contributed by atoms with Crippen LogP contribution in [-0.4, -0.2) is 25.2 Å². The fourth-order valence-corrected chi connectivity index (χ4v) is 3.35. The highest BCUT2D eigenvalue weighted by Gasteiger charge is 2.34. The van der Waals surface area contributed by atoms with Crippen molar-refractivity contribution in [3.05, 3.63) is 29.0 Å². The zero-order chi connectivity index (χ0) is 14.1. The van der Waals surface area contributed by atoms with Crippen LogP contribution >= 0.6 is 11.6 Å². The highest BCUT2D eigenvalue weighted by atomic mass is 35.5. The molecule has 1 aromatic rings. The Morgan fingerprint density at radius 3 is 2.44 bits per heavy atom. The molecule has 0 atom stereocenters. The van der Waals surface area contributed by atoms with Gasteiger partial charge in [0, 0.05) is 0 Å². The standard InChI is InChI=1S/C11H12ClFO4S/c1-11(2,10(14)15)6-18(16,17)7-3-4-9(13)8(12)5-7/h3-5H,6H2,1-2H3,(H,14,15). The first-order valence-corrected chi connectivity index (χ1v) is 7.00. The molecule has 1 aromatic carbocycles. The average molecular weight is 295 g/mol. The third-order valence-corrected chi connectivity index (χ3v) is 4.74. The molecule has 0 unspecified atom stereocenters. The maximum Gasteiger partial charge on any atom is 0.310 e. The second kappa shape index (κ2) is 4.85. The molecule has 100 valence electrons. The first-order valence-electron chi connectivity index (χ1n) is 4.97. The molecular formula is C11H12ClFO4S. The summed E-state index contributed by atoms with van der Waals surface area (Å²) in [6.07, 6.45) is 0. The summed E-state index contributed by atoms with van der Waals surface area (Å²) in [7, 11) is -3.83. The molecule has 0 radical (unpaired) electrons. The Labute approximate surface area is 109 Å². The Kier molecular flexibility index (Phi) is 4.02. The lowest BCUT2D eigenvalue weighted by molar-refractivity contribution is -0.145. The van der Waals surface area contributed by atoms with E-state index < -0.39 is 32.8 Å². The number of hydrogen-bond donors (Lipinski definition) is 1. The third kappa shape index (κ3) is 3.20. The quantitative estimate of drug-likeness (QED) is 0.865. The Morgan fingerprint density at radius 2 is 2.00 bits per heavy atom. The number of halogens is 2. The van der Waals surface area contributed by atoms with Gasteiger partial charge in [0.05, 0.1) is 21.1 Å². The van der Waals surface area contributed by atoms with Crippen molar-refractivity contribution in [2.45, 2.75) is 18.7 Å². The van der Waals surface area contributed by atoms with Crippen LogP contribution in [0.1, 0.15) is 13.8 Å². The van der Waals surface area contributed by atoms with E-state index in [1.807, 2.05) is 0 Å². The van der Waals surface area contributed by atoms with Crippen LogP contribution in [0.15, 0.2) is 23.1 Å². The first-order chi connectivity index (χ1) is 8.06. The van der Waals surface area contributed by atoms with Gasteiger partial charge in [-0.1, -0.05) is 11.6 Å². The number of sulfone groups is 1.